The van der Waals surface area contributed by atoms with E-state index in [-0.39, 0.29) is 30.4 Å². The number of amides is 2. The van der Waals surface area contributed by atoms with Gasteiger partial charge in [-0.25, -0.2) is 4.79 Å². The Bertz CT molecular complexity index is 615. The molecule has 0 aliphatic carbocycles. The minimum absolute atomic E-state index is 0.0845. The van der Waals surface area contributed by atoms with Gasteiger partial charge in [-0.1, -0.05) is 33.3 Å². The molecular formula is C22H39N3O4. The molecular weight excluding hydrogens is 370 g/mol. The zero-order valence-corrected chi connectivity index (χ0v) is 19.2. The molecule has 2 amide bonds. The summed E-state index contributed by atoms with van der Waals surface area (Å²) in [4.78, 5) is 41.5. The van der Waals surface area contributed by atoms with Gasteiger partial charge in [0.25, 0.3) is 0 Å². The van der Waals surface area contributed by atoms with Crippen molar-refractivity contribution in [3.05, 3.63) is 11.6 Å². The first-order valence-electron chi connectivity index (χ1n) is 10.6. The van der Waals surface area contributed by atoms with E-state index in [0.717, 1.165) is 32.2 Å². The fourth-order valence-electron chi connectivity index (χ4n) is 3.35. The lowest BCUT2D eigenvalue weighted by atomic mass is 9.80. The van der Waals surface area contributed by atoms with E-state index in [4.69, 9.17) is 4.74 Å². The van der Waals surface area contributed by atoms with Crippen LogP contribution in [0.5, 0.6) is 0 Å². The number of carbonyl (C=O) groups is 3. The highest BCUT2D eigenvalue weighted by atomic mass is 16.5. The van der Waals surface area contributed by atoms with Crippen molar-refractivity contribution in [2.24, 2.45) is 5.41 Å². The van der Waals surface area contributed by atoms with Gasteiger partial charge in [-0.3, -0.25) is 14.5 Å². The number of likely N-dealkylation sites (tertiary alicyclic amines) is 1. The summed E-state index contributed by atoms with van der Waals surface area (Å²) in [5.74, 6) is -0.622. The molecule has 2 atom stereocenters. The minimum atomic E-state index is -0.628. The Morgan fingerprint density at radius 2 is 1.93 bits per heavy atom. The lowest BCUT2D eigenvalue weighted by molar-refractivity contribution is -0.140. The smallest absolute Gasteiger partial charge is 0.333 e. The Hall–Kier alpha value is -1.89. The summed E-state index contributed by atoms with van der Waals surface area (Å²) in [5.41, 5.74) is 0.0689. The molecule has 1 aliphatic rings. The van der Waals surface area contributed by atoms with E-state index in [1.54, 1.807) is 31.9 Å². The highest BCUT2D eigenvalue weighted by Crippen LogP contribution is 2.27. The third-order valence-electron chi connectivity index (χ3n) is 5.94. The van der Waals surface area contributed by atoms with E-state index >= 15 is 0 Å². The molecule has 0 spiro atoms. The van der Waals surface area contributed by atoms with Crippen molar-refractivity contribution in [3.8, 4) is 0 Å². The molecule has 0 aromatic heterocycles. The Labute approximate surface area is 175 Å². The Balaban J connectivity index is 2.90. The van der Waals surface area contributed by atoms with Crippen LogP contribution in [0.4, 0.5) is 0 Å². The highest BCUT2D eigenvalue weighted by Gasteiger charge is 2.38. The molecule has 0 aromatic carbocycles. The highest BCUT2D eigenvalue weighted by molar-refractivity contribution is 5.91. The van der Waals surface area contributed by atoms with Gasteiger partial charge >= 0.3 is 5.97 Å². The third kappa shape index (κ3) is 7.14. The number of ether oxygens (including phenoxy) is 1. The minimum Gasteiger partial charge on any atom is -0.463 e. The third-order valence-corrected chi connectivity index (χ3v) is 5.94. The summed E-state index contributed by atoms with van der Waals surface area (Å²) in [6.07, 6.45) is 5.36. The number of nitrogens with zero attached hydrogens (tertiary/aromatic N) is 2. The van der Waals surface area contributed by atoms with Crippen molar-refractivity contribution >= 4 is 17.8 Å². The molecule has 1 N–H and O–H groups in total. The lowest BCUT2D eigenvalue weighted by Gasteiger charge is -2.38. The number of nitrogens with one attached hydrogen (secondary N) is 1. The van der Waals surface area contributed by atoms with Gasteiger partial charge < -0.3 is 15.0 Å². The molecule has 0 radical (unpaired) electrons. The number of rotatable bonds is 9. The predicted octanol–water partition coefficient (Wildman–Crippen LogP) is 2.36. The van der Waals surface area contributed by atoms with Crippen LogP contribution >= 0.6 is 0 Å². The van der Waals surface area contributed by atoms with Gasteiger partial charge in [-0.05, 0) is 52.1 Å². The second-order valence-electron chi connectivity index (χ2n) is 8.60. The van der Waals surface area contributed by atoms with Gasteiger partial charge in [-0.15, -0.1) is 0 Å². The number of piperidine rings is 1. The first-order valence-corrected chi connectivity index (χ1v) is 10.6. The van der Waals surface area contributed by atoms with E-state index in [1.807, 2.05) is 27.8 Å². The summed E-state index contributed by atoms with van der Waals surface area (Å²) >= 11 is 0. The zero-order chi connectivity index (χ0) is 22.2. The maximum atomic E-state index is 13.2. The summed E-state index contributed by atoms with van der Waals surface area (Å²) in [7, 11) is 3.65. The molecule has 2 unspecified atom stereocenters. The Morgan fingerprint density at radius 1 is 1.28 bits per heavy atom. The fraction of sp³-hybridized carbons (Fsp3) is 0.773. The van der Waals surface area contributed by atoms with E-state index < -0.39 is 11.5 Å². The largest absolute Gasteiger partial charge is 0.463 e. The van der Waals surface area contributed by atoms with E-state index in [2.05, 4.69) is 10.2 Å². The van der Waals surface area contributed by atoms with E-state index in [0.29, 0.717) is 12.2 Å². The second-order valence-corrected chi connectivity index (χ2v) is 8.60. The first-order chi connectivity index (χ1) is 13.5. The maximum Gasteiger partial charge on any atom is 0.333 e. The monoisotopic (exact) mass is 409 g/mol. The van der Waals surface area contributed by atoms with Crippen LogP contribution < -0.4 is 5.32 Å². The van der Waals surface area contributed by atoms with Crippen molar-refractivity contribution in [1.82, 2.24) is 15.1 Å². The average molecular weight is 410 g/mol. The topological polar surface area (TPSA) is 79.0 Å². The van der Waals surface area contributed by atoms with E-state index in [1.165, 1.54) is 0 Å². The van der Waals surface area contributed by atoms with Crippen LogP contribution in [-0.2, 0) is 19.1 Å². The molecule has 0 bridgehead atoms. The van der Waals surface area contributed by atoms with Crippen molar-refractivity contribution in [2.45, 2.75) is 72.4 Å². The van der Waals surface area contributed by atoms with Crippen molar-refractivity contribution in [1.29, 1.82) is 0 Å². The fourth-order valence-corrected chi connectivity index (χ4v) is 3.35. The Morgan fingerprint density at radius 3 is 2.48 bits per heavy atom. The molecule has 1 aliphatic heterocycles. The van der Waals surface area contributed by atoms with Crippen LogP contribution in [0.3, 0.4) is 0 Å². The number of esters is 1. The molecule has 0 saturated carbocycles. The normalized spacial score (nSPS) is 19.4. The number of likely N-dealkylation sites (N-methyl/N-ethyl adjacent to an activating group) is 2. The molecule has 1 heterocycles. The van der Waals surface area contributed by atoms with Gasteiger partial charge in [0.1, 0.15) is 6.04 Å². The molecule has 1 fully saturated rings. The zero-order valence-electron chi connectivity index (χ0n) is 19.2. The van der Waals surface area contributed by atoms with E-state index in [9.17, 15) is 14.4 Å². The average Bonchev–Trinajstić information content (AvgIpc) is 2.69. The quantitative estimate of drug-likeness (QED) is 0.467. The molecule has 7 nitrogen and oxygen atoms in total. The van der Waals surface area contributed by atoms with Crippen molar-refractivity contribution in [2.75, 3.05) is 33.8 Å². The van der Waals surface area contributed by atoms with Crippen molar-refractivity contribution in [3.63, 3.8) is 0 Å². The SMILES string of the molecule is CCOC(=O)/C(C)=C/CN(C)C(=O)C(NC(=O)C1CCCCN1C)C(C)(C)CC. The van der Waals surface area contributed by atoms with Crippen LogP contribution in [0.25, 0.3) is 0 Å². The molecule has 1 saturated heterocycles. The number of hydrogen-bond acceptors (Lipinski definition) is 5. The van der Waals surface area contributed by atoms with Gasteiger partial charge in [0, 0.05) is 19.2 Å². The number of hydrogen-bond donors (Lipinski definition) is 1. The standard InChI is InChI=1S/C22H39N3O4/c1-8-22(4,5)18(23-19(26)17-12-10-11-14-24(17)6)20(27)25(7)15-13-16(3)21(28)29-9-2/h13,17-18H,8-12,14-15H2,1-7H3,(H,23,26)/b16-13+. The molecule has 0 aromatic rings. The van der Waals surface area contributed by atoms with Gasteiger partial charge in [0.05, 0.1) is 12.6 Å². The van der Waals surface area contributed by atoms with Gasteiger partial charge in [0.15, 0.2) is 0 Å². The summed E-state index contributed by atoms with van der Waals surface area (Å²) < 4.78 is 4.97. The van der Waals surface area contributed by atoms with Crippen LogP contribution in [0.2, 0.25) is 0 Å². The van der Waals surface area contributed by atoms with Gasteiger partial charge in [-0.2, -0.15) is 0 Å². The maximum absolute atomic E-state index is 13.2. The molecule has 29 heavy (non-hydrogen) atoms. The van der Waals surface area contributed by atoms with Crippen molar-refractivity contribution < 1.29 is 19.1 Å². The number of carbonyl (C=O) groups excluding carboxylic acids is 3. The summed E-state index contributed by atoms with van der Waals surface area (Å²) in [5, 5.41) is 3.04. The molecule has 7 heteroatoms. The first kappa shape index (κ1) is 25.1. The molecule has 1 rings (SSSR count). The summed E-state index contributed by atoms with van der Waals surface area (Å²) in [6.45, 7) is 10.9. The lowest BCUT2D eigenvalue weighted by Crippen LogP contribution is -2.58. The van der Waals surface area contributed by atoms with Crippen LogP contribution in [0.1, 0.15) is 60.3 Å². The molecule has 166 valence electrons. The summed E-state index contributed by atoms with van der Waals surface area (Å²) in [6, 6.07) is -0.820. The predicted molar refractivity (Wildman–Crippen MR) is 114 cm³/mol. The Kier molecular flexibility index (Phi) is 9.83. The van der Waals surface area contributed by atoms with Crippen LogP contribution in [-0.4, -0.2) is 73.5 Å². The second kappa shape index (κ2) is 11.3. The van der Waals surface area contributed by atoms with Crippen LogP contribution in [0.15, 0.2) is 11.6 Å². The van der Waals surface area contributed by atoms with Gasteiger partial charge in [0.2, 0.25) is 11.8 Å². The van der Waals surface area contributed by atoms with Crippen LogP contribution in [0, 0.1) is 5.41 Å².